The van der Waals surface area contributed by atoms with Gasteiger partial charge in [0.15, 0.2) is 0 Å². The monoisotopic (exact) mass is 294 g/mol. The SMILES string of the molecule is O=S(=O)(NCC1CCCNC1)c1ccc(Cl)s1. The lowest BCUT2D eigenvalue weighted by Crippen LogP contribution is -2.37. The van der Waals surface area contributed by atoms with Crippen molar-refractivity contribution in [1.29, 1.82) is 0 Å². The number of thiophene rings is 1. The van der Waals surface area contributed by atoms with Gasteiger partial charge < -0.3 is 5.32 Å². The molecular formula is C10H15ClN2O2S2. The van der Waals surface area contributed by atoms with E-state index in [-0.39, 0.29) is 4.21 Å². The van der Waals surface area contributed by atoms with Crippen molar-refractivity contribution in [2.75, 3.05) is 19.6 Å². The van der Waals surface area contributed by atoms with Gasteiger partial charge in [-0.05, 0) is 44.0 Å². The molecule has 1 aromatic heterocycles. The molecule has 0 saturated carbocycles. The Bertz CT molecular complexity index is 466. The Labute approximate surface area is 110 Å². The predicted octanol–water partition coefficient (Wildman–Crippen LogP) is 1.68. The van der Waals surface area contributed by atoms with Gasteiger partial charge in [-0.1, -0.05) is 11.6 Å². The highest BCUT2D eigenvalue weighted by molar-refractivity contribution is 7.91. The lowest BCUT2D eigenvalue weighted by atomic mass is 10.0. The molecule has 0 bridgehead atoms. The summed E-state index contributed by atoms with van der Waals surface area (Å²) in [5, 5.41) is 3.26. The fourth-order valence-corrected chi connectivity index (χ4v) is 4.48. The second-order valence-corrected chi connectivity index (χ2v) is 7.83. The maximum absolute atomic E-state index is 11.9. The third-order valence-corrected chi connectivity index (χ3v) is 5.92. The van der Waals surface area contributed by atoms with Gasteiger partial charge in [-0.25, -0.2) is 13.1 Å². The van der Waals surface area contributed by atoms with Crippen molar-refractivity contribution in [3.05, 3.63) is 16.5 Å². The van der Waals surface area contributed by atoms with Crippen molar-refractivity contribution in [1.82, 2.24) is 10.0 Å². The second kappa shape index (κ2) is 5.67. The molecule has 0 spiro atoms. The zero-order valence-electron chi connectivity index (χ0n) is 9.28. The fourth-order valence-electron chi connectivity index (χ4n) is 1.84. The van der Waals surface area contributed by atoms with E-state index in [1.54, 1.807) is 6.07 Å². The second-order valence-electron chi connectivity index (χ2n) is 4.12. The first-order valence-corrected chi connectivity index (χ1v) is 8.21. The summed E-state index contributed by atoms with van der Waals surface area (Å²) >= 11 is 6.81. The zero-order valence-corrected chi connectivity index (χ0v) is 11.7. The molecule has 2 heterocycles. The van der Waals surface area contributed by atoms with Crippen molar-refractivity contribution >= 4 is 33.0 Å². The summed E-state index contributed by atoms with van der Waals surface area (Å²) in [4.78, 5) is 0. The number of nitrogens with one attached hydrogen (secondary N) is 2. The first kappa shape index (κ1) is 13.3. The van der Waals surface area contributed by atoms with E-state index in [9.17, 15) is 8.42 Å². The highest BCUT2D eigenvalue weighted by Crippen LogP contribution is 2.25. The van der Waals surface area contributed by atoms with Crippen LogP contribution in [0.15, 0.2) is 16.3 Å². The third-order valence-electron chi connectivity index (χ3n) is 2.77. The van der Waals surface area contributed by atoms with Gasteiger partial charge >= 0.3 is 0 Å². The van der Waals surface area contributed by atoms with Crippen molar-refractivity contribution in [2.45, 2.75) is 17.1 Å². The first-order valence-electron chi connectivity index (χ1n) is 5.53. The smallest absolute Gasteiger partial charge is 0.250 e. The van der Waals surface area contributed by atoms with Crippen LogP contribution in [-0.4, -0.2) is 28.1 Å². The molecule has 0 amide bonds. The van der Waals surface area contributed by atoms with Gasteiger partial charge in [0.05, 0.1) is 4.34 Å². The minimum absolute atomic E-state index is 0.284. The van der Waals surface area contributed by atoms with Crippen LogP contribution in [0.2, 0.25) is 4.34 Å². The molecular weight excluding hydrogens is 280 g/mol. The van der Waals surface area contributed by atoms with Gasteiger partial charge in [-0.15, -0.1) is 11.3 Å². The number of sulfonamides is 1. The minimum atomic E-state index is -3.38. The summed E-state index contributed by atoms with van der Waals surface area (Å²) < 4.78 is 27.2. The highest BCUT2D eigenvalue weighted by Gasteiger charge is 2.19. The molecule has 0 radical (unpaired) electrons. The summed E-state index contributed by atoms with van der Waals surface area (Å²) in [6, 6.07) is 3.14. The van der Waals surface area contributed by atoms with Crippen LogP contribution in [0.3, 0.4) is 0 Å². The zero-order chi connectivity index (χ0) is 12.3. The molecule has 1 aliphatic heterocycles. The quantitative estimate of drug-likeness (QED) is 0.888. The summed E-state index contributed by atoms with van der Waals surface area (Å²) in [6.07, 6.45) is 2.18. The standard InChI is InChI=1S/C10H15ClN2O2S2/c11-9-3-4-10(16-9)17(14,15)13-7-8-2-1-5-12-6-8/h3-4,8,12-13H,1-2,5-7H2. The van der Waals surface area contributed by atoms with Gasteiger partial charge in [0.1, 0.15) is 4.21 Å². The number of hydrogen-bond acceptors (Lipinski definition) is 4. The minimum Gasteiger partial charge on any atom is -0.316 e. The Morgan fingerprint density at radius 2 is 2.35 bits per heavy atom. The molecule has 1 fully saturated rings. The maximum Gasteiger partial charge on any atom is 0.250 e. The molecule has 1 aliphatic rings. The Balaban J connectivity index is 1.93. The first-order chi connectivity index (χ1) is 8.08. The molecule has 1 unspecified atom stereocenters. The molecule has 2 N–H and O–H groups in total. The van der Waals surface area contributed by atoms with Crippen LogP contribution in [0.25, 0.3) is 0 Å². The van der Waals surface area contributed by atoms with Gasteiger partial charge in [0, 0.05) is 6.54 Å². The van der Waals surface area contributed by atoms with E-state index in [0.29, 0.717) is 16.8 Å². The van der Waals surface area contributed by atoms with E-state index in [0.717, 1.165) is 37.3 Å². The van der Waals surface area contributed by atoms with E-state index in [1.165, 1.54) is 6.07 Å². The number of halogens is 1. The van der Waals surface area contributed by atoms with E-state index in [2.05, 4.69) is 10.0 Å². The molecule has 1 saturated heterocycles. The van der Waals surface area contributed by atoms with Gasteiger partial charge in [-0.3, -0.25) is 0 Å². The average molecular weight is 295 g/mol. The fraction of sp³-hybridized carbons (Fsp3) is 0.600. The molecule has 2 rings (SSSR count). The molecule has 1 atom stereocenters. The lowest BCUT2D eigenvalue weighted by molar-refractivity contribution is 0.376. The molecule has 1 aromatic rings. The van der Waals surface area contributed by atoms with Crippen LogP contribution in [0.1, 0.15) is 12.8 Å². The van der Waals surface area contributed by atoms with E-state index >= 15 is 0 Å². The molecule has 0 aliphatic carbocycles. The molecule has 96 valence electrons. The maximum atomic E-state index is 11.9. The van der Waals surface area contributed by atoms with E-state index < -0.39 is 10.0 Å². The van der Waals surface area contributed by atoms with Crippen LogP contribution in [0.5, 0.6) is 0 Å². The largest absolute Gasteiger partial charge is 0.316 e. The number of piperidine rings is 1. The molecule has 17 heavy (non-hydrogen) atoms. The summed E-state index contributed by atoms with van der Waals surface area (Å²) in [6.45, 7) is 2.41. The highest BCUT2D eigenvalue weighted by atomic mass is 35.5. The van der Waals surface area contributed by atoms with Crippen molar-refractivity contribution in [2.24, 2.45) is 5.92 Å². The normalized spacial score (nSPS) is 21.6. The molecule has 7 heteroatoms. The van der Waals surface area contributed by atoms with Crippen LogP contribution < -0.4 is 10.0 Å². The van der Waals surface area contributed by atoms with Crippen molar-refractivity contribution in [3.8, 4) is 0 Å². The van der Waals surface area contributed by atoms with E-state index in [4.69, 9.17) is 11.6 Å². The van der Waals surface area contributed by atoms with Crippen molar-refractivity contribution in [3.63, 3.8) is 0 Å². The number of hydrogen-bond donors (Lipinski definition) is 2. The van der Waals surface area contributed by atoms with Gasteiger partial charge in [0.2, 0.25) is 10.0 Å². The van der Waals surface area contributed by atoms with Crippen LogP contribution in [0, 0.1) is 5.92 Å². The summed E-state index contributed by atoms with van der Waals surface area (Å²) in [5.41, 5.74) is 0. The third kappa shape index (κ3) is 3.66. The van der Waals surface area contributed by atoms with Gasteiger partial charge in [0.25, 0.3) is 0 Å². The number of rotatable bonds is 4. The molecule has 4 nitrogen and oxygen atoms in total. The Morgan fingerprint density at radius 3 is 2.94 bits per heavy atom. The van der Waals surface area contributed by atoms with Crippen molar-refractivity contribution < 1.29 is 8.42 Å². The summed E-state index contributed by atoms with van der Waals surface area (Å²) in [7, 11) is -3.38. The van der Waals surface area contributed by atoms with Crippen LogP contribution in [-0.2, 0) is 10.0 Å². The average Bonchev–Trinajstić information content (AvgIpc) is 2.76. The van der Waals surface area contributed by atoms with Crippen LogP contribution in [0.4, 0.5) is 0 Å². The van der Waals surface area contributed by atoms with Crippen LogP contribution >= 0.6 is 22.9 Å². The van der Waals surface area contributed by atoms with Gasteiger partial charge in [-0.2, -0.15) is 0 Å². The topological polar surface area (TPSA) is 58.2 Å². The Hall–Kier alpha value is -0.140. The Morgan fingerprint density at radius 1 is 1.53 bits per heavy atom. The Kier molecular flexibility index (Phi) is 4.43. The lowest BCUT2D eigenvalue weighted by Gasteiger charge is -2.22. The van der Waals surface area contributed by atoms with E-state index in [1.807, 2.05) is 0 Å². The predicted molar refractivity (Wildman–Crippen MR) is 70.1 cm³/mol. The summed E-state index contributed by atoms with van der Waals surface area (Å²) in [5.74, 6) is 0.383. The molecule has 0 aromatic carbocycles.